The summed E-state index contributed by atoms with van der Waals surface area (Å²) < 4.78 is 44.4. The highest BCUT2D eigenvalue weighted by atomic mass is 28.4. The summed E-state index contributed by atoms with van der Waals surface area (Å²) in [6.45, 7) is 6.38. The Morgan fingerprint density at radius 2 is 1.45 bits per heavy atom. The van der Waals surface area contributed by atoms with E-state index in [0.29, 0.717) is 24.3 Å². The van der Waals surface area contributed by atoms with Crippen molar-refractivity contribution in [3.05, 3.63) is 131 Å². The number of rotatable bonds is 11. The van der Waals surface area contributed by atoms with Crippen molar-refractivity contribution in [1.82, 2.24) is 0 Å². The lowest BCUT2D eigenvalue weighted by atomic mass is 9.78. The van der Waals surface area contributed by atoms with E-state index >= 15 is 0 Å². The van der Waals surface area contributed by atoms with Crippen molar-refractivity contribution in [2.75, 3.05) is 4.90 Å². The van der Waals surface area contributed by atoms with Crippen molar-refractivity contribution >= 4 is 26.1 Å². The van der Waals surface area contributed by atoms with Crippen LogP contribution in [0.2, 0.25) is 19.6 Å². The summed E-state index contributed by atoms with van der Waals surface area (Å²) in [5.41, 5.74) is 3.15. The van der Waals surface area contributed by atoms with Crippen LogP contribution in [0, 0.1) is 17.6 Å². The molecule has 0 spiro atoms. The molecule has 4 aromatic carbocycles. The monoisotopic (exact) mass is 615 g/mol. The zero-order valence-corrected chi connectivity index (χ0v) is 25.9. The van der Waals surface area contributed by atoms with Crippen LogP contribution in [0.15, 0.2) is 103 Å². The number of ether oxygens (including phenoxy) is 2. The highest BCUT2D eigenvalue weighted by Gasteiger charge is 2.48. The molecule has 44 heavy (non-hydrogen) atoms. The highest BCUT2D eigenvalue weighted by Crippen LogP contribution is 2.47. The Morgan fingerprint density at radius 1 is 0.841 bits per heavy atom. The number of halogens is 2. The van der Waals surface area contributed by atoms with Gasteiger partial charge in [0.1, 0.15) is 24.0 Å². The lowest BCUT2D eigenvalue weighted by molar-refractivity contribution is -0.131. The Labute approximate surface area is 257 Å². The van der Waals surface area contributed by atoms with Crippen LogP contribution in [0.25, 0.3) is 0 Å². The van der Waals surface area contributed by atoms with Gasteiger partial charge in [-0.2, -0.15) is 0 Å². The summed E-state index contributed by atoms with van der Waals surface area (Å²) in [6.07, 6.45) is -0.0134. The second-order valence-corrected chi connectivity index (χ2v) is 16.2. The maximum absolute atomic E-state index is 13.7. The molecule has 0 bridgehead atoms. The fourth-order valence-corrected chi connectivity index (χ4v) is 6.51. The highest BCUT2D eigenvalue weighted by molar-refractivity contribution is 6.69. The molecule has 0 aromatic heterocycles. The van der Waals surface area contributed by atoms with Crippen molar-refractivity contribution < 1.29 is 32.3 Å². The number of β-lactam (4-membered cyclic amide) rings is 1. The molecule has 0 radical (unpaired) electrons. The molecule has 1 heterocycles. The van der Waals surface area contributed by atoms with Crippen molar-refractivity contribution in [2.45, 2.75) is 51.2 Å². The van der Waals surface area contributed by atoms with E-state index in [0.717, 1.165) is 16.7 Å². The molecule has 0 saturated carbocycles. The van der Waals surface area contributed by atoms with Gasteiger partial charge < -0.3 is 18.8 Å². The Hall–Kier alpha value is -4.34. The van der Waals surface area contributed by atoms with E-state index in [1.165, 1.54) is 24.3 Å². The quantitative estimate of drug-likeness (QED) is 0.0731. The van der Waals surface area contributed by atoms with Gasteiger partial charge in [0, 0.05) is 5.69 Å². The summed E-state index contributed by atoms with van der Waals surface area (Å²) in [5, 5.41) is 0. The largest absolute Gasteiger partial charge is 0.514 e. The number of hydrogen-bond acceptors (Lipinski definition) is 5. The van der Waals surface area contributed by atoms with Gasteiger partial charge in [-0.05, 0) is 97.7 Å². The molecule has 228 valence electrons. The average Bonchev–Trinajstić information content (AvgIpc) is 3.00. The van der Waals surface area contributed by atoms with E-state index in [2.05, 4.69) is 19.6 Å². The van der Waals surface area contributed by atoms with Crippen LogP contribution in [0.5, 0.6) is 5.75 Å². The van der Waals surface area contributed by atoms with Crippen LogP contribution in [-0.2, 0) is 20.6 Å². The van der Waals surface area contributed by atoms with Crippen molar-refractivity contribution in [1.29, 1.82) is 0 Å². The second-order valence-electron chi connectivity index (χ2n) is 11.8. The zero-order valence-electron chi connectivity index (χ0n) is 24.9. The molecule has 1 fully saturated rings. The number of amides is 1. The number of hydrogen-bond donors (Lipinski definition) is 0. The molecule has 9 heteroatoms. The molecule has 4 aromatic rings. The molecule has 6 nitrogen and oxygen atoms in total. The Bertz CT molecular complexity index is 1560. The summed E-state index contributed by atoms with van der Waals surface area (Å²) in [6, 6.07) is 28.1. The Morgan fingerprint density at radius 3 is 2.07 bits per heavy atom. The third-order valence-electron chi connectivity index (χ3n) is 7.42. The van der Waals surface area contributed by atoms with Gasteiger partial charge in [0.2, 0.25) is 5.91 Å². The molecule has 1 saturated heterocycles. The van der Waals surface area contributed by atoms with Crippen LogP contribution in [0.3, 0.4) is 0 Å². The normalized spacial score (nSPS) is 17.1. The van der Waals surface area contributed by atoms with Crippen molar-refractivity contribution in [3.63, 3.8) is 0 Å². The minimum absolute atomic E-state index is 0.0720. The van der Waals surface area contributed by atoms with E-state index in [-0.39, 0.29) is 42.2 Å². The first-order valence-electron chi connectivity index (χ1n) is 14.6. The minimum atomic E-state index is -1.97. The maximum atomic E-state index is 13.7. The van der Waals surface area contributed by atoms with Crippen LogP contribution in [0.1, 0.15) is 41.7 Å². The molecular weight excluding hydrogens is 580 g/mol. The molecule has 0 N–H and O–H groups in total. The third kappa shape index (κ3) is 7.78. The summed E-state index contributed by atoms with van der Waals surface area (Å²) >= 11 is 0. The fourth-order valence-electron chi connectivity index (χ4n) is 5.40. The van der Waals surface area contributed by atoms with E-state index in [1.807, 2.05) is 42.5 Å². The average molecular weight is 616 g/mol. The fraction of sp³-hybridized carbons (Fsp3) is 0.257. The summed E-state index contributed by atoms with van der Waals surface area (Å²) in [5.74, 6) is -0.835. The number of anilines is 1. The molecule has 1 aliphatic heterocycles. The zero-order chi connectivity index (χ0) is 31.3. The van der Waals surface area contributed by atoms with E-state index < -0.39 is 14.5 Å². The molecule has 1 amide bonds. The molecule has 3 atom stereocenters. The first kappa shape index (κ1) is 31.1. The predicted octanol–water partition coefficient (Wildman–Crippen LogP) is 8.76. The van der Waals surface area contributed by atoms with Crippen LogP contribution in [0.4, 0.5) is 19.3 Å². The van der Waals surface area contributed by atoms with Gasteiger partial charge in [-0.25, -0.2) is 13.6 Å². The number of benzene rings is 4. The summed E-state index contributed by atoms with van der Waals surface area (Å²) in [7, 11) is -1.97. The third-order valence-corrected chi connectivity index (χ3v) is 8.41. The maximum Gasteiger partial charge on any atom is 0.514 e. The molecule has 0 aliphatic carbocycles. The predicted molar refractivity (Wildman–Crippen MR) is 167 cm³/mol. The van der Waals surface area contributed by atoms with Gasteiger partial charge in [0.15, 0.2) is 8.32 Å². The van der Waals surface area contributed by atoms with E-state index in [4.69, 9.17) is 13.9 Å². The smallest absolute Gasteiger partial charge is 0.429 e. The molecule has 5 rings (SSSR count). The first-order valence-corrected chi connectivity index (χ1v) is 18.0. The molecular formula is C35H35F2NO5Si. The van der Waals surface area contributed by atoms with Crippen LogP contribution < -0.4 is 9.64 Å². The standard InChI is InChI=1S/C35H35F2NO5Si/c1-44(2,3)43-32(25-9-13-27(36)14-10-25)22-21-31-33(38(34(31)39)29-17-15-28(37)16-18-29)26-11-19-30(20-12-26)42-35(40)41-23-24-7-5-4-6-8-24/h4-20,31-33H,21-23H2,1-3H3/t31-,32+,33-/m1/s1. The van der Waals surface area contributed by atoms with Gasteiger partial charge >= 0.3 is 6.16 Å². The van der Waals surface area contributed by atoms with Gasteiger partial charge in [-0.1, -0.05) is 54.6 Å². The van der Waals surface area contributed by atoms with Crippen LogP contribution in [-0.4, -0.2) is 20.4 Å². The van der Waals surface area contributed by atoms with Gasteiger partial charge in [0.25, 0.3) is 0 Å². The Balaban J connectivity index is 1.32. The van der Waals surface area contributed by atoms with Gasteiger partial charge in [0.05, 0.1) is 18.1 Å². The first-order chi connectivity index (χ1) is 21.1. The number of carbonyl (C=O) groups is 2. The minimum Gasteiger partial charge on any atom is -0.429 e. The Kier molecular flexibility index (Phi) is 9.56. The van der Waals surface area contributed by atoms with Crippen molar-refractivity contribution in [3.8, 4) is 5.75 Å². The van der Waals surface area contributed by atoms with E-state index in [9.17, 15) is 18.4 Å². The topological polar surface area (TPSA) is 65.1 Å². The number of nitrogens with zero attached hydrogens (tertiary/aromatic N) is 1. The summed E-state index contributed by atoms with van der Waals surface area (Å²) in [4.78, 5) is 27.5. The molecule has 1 aliphatic rings. The SMILES string of the molecule is C[Si](C)(C)O[C@@H](CC[C@H]1C(=O)N(c2ccc(F)cc2)[C@@H]1c1ccc(OC(=O)OCc2ccccc2)cc1)c1ccc(F)cc1. The second kappa shape index (κ2) is 13.5. The van der Waals surface area contributed by atoms with Gasteiger partial charge in [-0.15, -0.1) is 0 Å². The number of carbonyl (C=O) groups excluding carboxylic acids is 2. The van der Waals surface area contributed by atoms with E-state index in [1.54, 1.807) is 41.3 Å². The van der Waals surface area contributed by atoms with Crippen molar-refractivity contribution in [2.24, 2.45) is 5.92 Å². The lowest BCUT2D eigenvalue weighted by Gasteiger charge is -2.48. The van der Waals surface area contributed by atoms with Crippen LogP contribution >= 0.6 is 0 Å². The molecule has 0 unspecified atom stereocenters. The van der Waals surface area contributed by atoms with Gasteiger partial charge in [-0.3, -0.25) is 4.79 Å². The lowest BCUT2D eigenvalue weighted by Crippen LogP contribution is -2.55.